The molecular weight excluding hydrogens is 360 g/mol. The number of hydrogen-bond donors (Lipinski definition) is 3. The second-order valence-corrected chi connectivity index (χ2v) is 7.28. The van der Waals surface area contributed by atoms with Crippen molar-refractivity contribution in [3.05, 3.63) is 59.7 Å². The Labute approximate surface area is 150 Å². The first kappa shape index (κ1) is 17.6. The van der Waals surface area contributed by atoms with Crippen LogP contribution in [-0.4, -0.2) is 26.2 Å². The van der Waals surface area contributed by atoms with E-state index in [1.165, 1.54) is 12.1 Å². The largest absolute Gasteiger partial charge is 0.503 e. The Morgan fingerprint density at radius 2 is 1.96 bits per heavy atom. The van der Waals surface area contributed by atoms with Crippen molar-refractivity contribution in [1.82, 2.24) is 4.72 Å². The maximum absolute atomic E-state index is 11.6. The zero-order valence-electron chi connectivity index (χ0n) is 13.7. The highest BCUT2D eigenvalue weighted by molar-refractivity contribution is 7.88. The number of carbonyl (C=O) groups is 1. The summed E-state index contributed by atoms with van der Waals surface area (Å²) < 4.78 is 36.9. The highest BCUT2D eigenvalue weighted by Gasteiger charge is 2.25. The van der Waals surface area contributed by atoms with Crippen molar-refractivity contribution in [1.29, 1.82) is 0 Å². The highest BCUT2D eigenvalue weighted by Crippen LogP contribution is 2.37. The first-order valence-corrected chi connectivity index (χ1v) is 9.43. The van der Waals surface area contributed by atoms with Crippen LogP contribution in [0.3, 0.4) is 0 Å². The Bertz CT molecular complexity index is 984. The van der Waals surface area contributed by atoms with Gasteiger partial charge in [-0.05, 0) is 18.2 Å². The molecule has 136 valence electrons. The molecule has 1 heterocycles. The van der Waals surface area contributed by atoms with E-state index < -0.39 is 10.0 Å². The minimum Gasteiger partial charge on any atom is -0.503 e. The molecule has 2 aromatic rings. The van der Waals surface area contributed by atoms with Crippen molar-refractivity contribution in [2.24, 2.45) is 0 Å². The molecule has 0 unspecified atom stereocenters. The third-order valence-electron chi connectivity index (χ3n) is 3.51. The number of allylic oxidation sites excluding steroid dienone is 1. The van der Waals surface area contributed by atoms with Gasteiger partial charge in [-0.1, -0.05) is 24.3 Å². The van der Waals surface area contributed by atoms with Gasteiger partial charge in [0.05, 0.1) is 11.9 Å². The molecule has 0 aliphatic carbocycles. The molecule has 26 heavy (non-hydrogen) atoms. The third-order valence-corrected chi connectivity index (χ3v) is 4.07. The zero-order chi connectivity index (χ0) is 18.7. The van der Waals surface area contributed by atoms with Gasteiger partial charge in [-0.3, -0.25) is 9.52 Å². The molecule has 0 saturated heterocycles. The molecule has 0 aromatic heterocycles. The van der Waals surface area contributed by atoms with Crippen LogP contribution in [0.4, 0.5) is 5.69 Å². The summed E-state index contributed by atoms with van der Waals surface area (Å²) in [5, 5.41) is 12.6. The number of ether oxygens (including phenoxy) is 2. The lowest BCUT2D eigenvalue weighted by atomic mass is 10.1. The average molecular weight is 376 g/mol. The summed E-state index contributed by atoms with van der Waals surface area (Å²) in [4.78, 5) is 10.6. The van der Waals surface area contributed by atoms with Crippen molar-refractivity contribution in [2.75, 3.05) is 11.6 Å². The predicted octanol–water partition coefficient (Wildman–Crippen LogP) is 1.69. The molecule has 2 aromatic carbocycles. The molecular formula is C17H16N2O6S. The number of para-hydroxylation sites is 2. The first-order chi connectivity index (χ1) is 12.4. The lowest BCUT2D eigenvalue weighted by Crippen LogP contribution is -2.30. The summed E-state index contributed by atoms with van der Waals surface area (Å²) in [6.07, 6.45) is 1.67. The summed E-state index contributed by atoms with van der Waals surface area (Å²) in [7, 11) is -3.61. The standard InChI is InChI=1S/C17H16N2O6S/c1-26(22,23)19-17-15(9-11-5-2-3-7-13(11)25-17)24-14-8-4-6-12(16(14)21)18-10-20/h2-8,10,19,21H,9H2,1H3,(H,18,20). The van der Waals surface area contributed by atoms with E-state index in [4.69, 9.17) is 9.47 Å². The maximum Gasteiger partial charge on any atom is 0.246 e. The number of sulfonamides is 1. The van der Waals surface area contributed by atoms with Gasteiger partial charge in [-0.25, -0.2) is 8.42 Å². The van der Waals surface area contributed by atoms with Gasteiger partial charge in [-0.15, -0.1) is 0 Å². The number of amides is 1. The van der Waals surface area contributed by atoms with E-state index in [0.717, 1.165) is 11.8 Å². The fourth-order valence-corrected chi connectivity index (χ4v) is 2.91. The smallest absolute Gasteiger partial charge is 0.246 e. The van der Waals surface area contributed by atoms with E-state index >= 15 is 0 Å². The number of phenolic OH excluding ortho intramolecular Hbond substituents is 1. The van der Waals surface area contributed by atoms with Crippen molar-refractivity contribution >= 4 is 22.1 Å². The number of hydrogen-bond acceptors (Lipinski definition) is 6. The van der Waals surface area contributed by atoms with Crippen LogP contribution in [0.5, 0.6) is 17.2 Å². The van der Waals surface area contributed by atoms with Gasteiger partial charge in [-0.2, -0.15) is 0 Å². The molecule has 1 aliphatic rings. The fraction of sp³-hybridized carbons (Fsp3) is 0.118. The molecule has 0 fully saturated rings. The maximum atomic E-state index is 11.6. The predicted molar refractivity (Wildman–Crippen MR) is 94.2 cm³/mol. The van der Waals surface area contributed by atoms with E-state index in [1.807, 2.05) is 12.1 Å². The highest BCUT2D eigenvalue weighted by atomic mass is 32.2. The molecule has 3 rings (SSSR count). The Hall–Kier alpha value is -3.20. The Morgan fingerprint density at radius 3 is 2.69 bits per heavy atom. The van der Waals surface area contributed by atoms with Gasteiger partial charge in [0.1, 0.15) is 5.75 Å². The summed E-state index contributed by atoms with van der Waals surface area (Å²) in [5.41, 5.74) is 0.955. The minimum atomic E-state index is -3.61. The summed E-state index contributed by atoms with van der Waals surface area (Å²) in [6.45, 7) is 0. The second-order valence-electron chi connectivity index (χ2n) is 5.53. The lowest BCUT2D eigenvalue weighted by Gasteiger charge is -2.23. The van der Waals surface area contributed by atoms with E-state index in [1.54, 1.807) is 18.2 Å². The molecule has 0 radical (unpaired) electrons. The fourth-order valence-electron chi connectivity index (χ4n) is 2.42. The van der Waals surface area contributed by atoms with Crippen LogP contribution in [0, 0.1) is 0 Å². The van der Waals surface area contributed by atoms with E-state index in [0.29, 0.717) is 12.2 Å². The van der Waals surface area contributed by atoms with Gasteiger partial charge in [0.2, 0.25) is 22.3 Å². The number of aromatic hydroxyl groups is 1. The molecule has 0 spiro atoms. The Balaban J connectivity index is 1.99. The van der Waals surface area contributed by atoms with Crippen molar-refractivity contribution in [3.63, 3.8) is 0 Å². The van der Waals surface area contributed by atoms with E-state index in [2.05, 4.69) is 10.0 Å². The minimum absolute atomic E-state index is 0.0441. The number of fused-ring (bicyclic) bond motifs is 1. The van der Waals surface area contributed by atoms with Crippen LogP contribution in [-0.2, 0) is 21.2 Å². The summed E-state index contributed by atoms with van der Waals surface area (Å²) in [6, 6.07) is 11.7. The quantitative estimate of drug-likeness (QED) is 0.522. The van der Waals surface area contributed by atoms with Crippen molar-refractivity contribution < 1.29 is 27.8 Å². The molecule has 1 amide bonds. The molecule has 3 N–H and O–H groups in total. The van der Waals surface area contributed by atoms with Gasteiger partial charge in [0, 0.05) is 12.0 Å². The molecule has 0 saturated carbocycles. The van der Waals surface area contributed by atoms with Gasteiger partial charge >= 0.3 is 0 Å². The number of benzene rings is 2. The SMILES string of the molecule is CS(=O)(=O)NC1=C(Oc2cccc(NC=O)c2O)Cc2ccccc2O1. The van der Waals surface area contributed by atoms with Crippen LogP contribution in [0.15, 0.2) is 54.1 Å². The molecule has 9 heteroatoms. The van der Waals surface area contributed by atoms with Crippen molar-refractivity contribution in [3.8, 4) is 17.2 Å². The van der Waals surface area contributed by atoms with Gasteiger partial charge in [0.25, 0.3) is 0 Å². The summed E-state index contributed by atoms with van der Waals surface area (Å²) >= 11 is 0. The summed E-state index contributed by atoms with van der Waals surface area (Å²) in [5.74, 6) is 0.353. The Kier molecular flexibility index (Phi) is 4.72. The van der Waals surface area contributed by atoms with Crippen LogP contribution in [0.1, 0.15) is 5.56 Å². The Morgan fingerprint density at radius 1 is 1.19 bits per heavy atom. The normalized spacial score (nSPS) is 13.4. The van der Waals surface area contributed by atoms with Crippen molar-refractivity contribution in [2.45, 2.75) is 6.42 Å². The zero-order valence-corrected chi connectivity index (χ0v) is 14.5. The number of carbonyl (C=O) groups excluding carboxylic acids is 1. The number of nitrogens with one attached hydrogen (secondary N) is 2. The number of phenols is 1. The molecule has 1 aliphatic heterocycles. The molecule has 8 nitrogen and oxygen atoms in total. The van der Waals surface area contributed by atoms with Gasteiger partial charge in [0.15, 0.2) is 17.3 Å². The van der Waals surface area contributed by atoms with E-state index in [-0.39, 0.29) is 35.2 Å². The number of rotatable bonds is 6. The molecule has 0 bridgehead atoms. The third kappa shape index (κ3) is 3.89. The topological polar surface area (TPSA) is 114 Å². The monoisotopic (exact) mass is 376 g/mol. The van der Waals surface area contributed by atoms with E-state index in [9.17, 15) is 18.3 Å². The van der Waals surface area contributed by atoms with Crippen LogP contribution in [0.2, 0.25) is 0 Å². The van der Waals surface area contributed by atoms with Crippen LogP contribution >= 0.6 is 0 Å². The lowest BCUT2D eigenvalue weighted by molar-refractivity contribution is -0.105. The average Bonchev–Trinajstić information content (AvgIpc) is 2.58. The van der Waals surface area contributed by atoms with Gasteiger partial charge < -0.3 is 19.9 Å². The van der Waals surface area contributed by atoms with Crippen LogP contribution < -0.4 is 19.5 Å². The second kappa shape index (κ2) is 6.96. The van der Waals surface area contributed by atoms with Crippen LogP contribution in [0.25, 0.3) is 0 Å². The first-order valence-electron chi connectivity index (χ1n) is 7.54. The molecule has 0 atom stereocenters. The number of anilines is 1.